The van der Waals surface area contributed by atoms with Crippen LogP contribution in [-0.4, -0.2) is 282 Å². The lowest BCUT2D eigenvalue weighted by Gasteiger charge is -2.44. The molecule has 8 amide bonds. The van der Waals surface area contributed by atoms with Gasteiger partial charge in [0.15, 0.2) is 0 Å². The van der Waals surface area contributed by atoms with Crippen molar-refractivity contribution >= 4 is 109 Å². The minimum Gasteiger partial charge on any atom is -0.549 e. The van der Waals surface area contributed by atoms with Gasteiger partial charge in [-0.3, -0.25) is 58.0 Å². The molecule has 2 rings (SSSR count). The van der Waals surface area contributed by atoms with Crippen LogP contribution in [0.4, 0.5) is 8.90 Å². The van der Waals surface area contributed by atoms with Crippen LogP contribution in [0.2, 0.25) is 10.1 Å². The molecule has 1 aromatic carbocycles. The molecule has 39 heteroatoms. The predicted molar refractivity (Wildman–Crippen MR) is 351 cm³/mol. The van der Waals surface area contributed by atoms with Crippen LogP contribution in [0.25, 0.3) is 0 Å². The van der Waals surface area contributed by atoms with E-state index in [1.807, 2.05) is 10.6 Å². The summed E-state index contributed by atoms with van der Waals surface area (Å²) in [5.74, 6) is -18.5. The highest BCUT2D eigenvalue weighted by Gasteiger charge is 2.56. The van der Waals surface area contributed by atoms with Crippen LogP contribution in [0.15, 0.2) is 24.3 Å². The van der Waals surface area contributed by atoms with Gasteiger partial charge in [-0.2, -0.15) is 0 Å². The van der Waals surface area contributed by atoms with Crippen molar-refractivity contribution in [1.29, 1.82) is 0 Å². The second-order valence-corrected chi connectivity index (χ2v) is 31.4. The van der Waals surface area contributed by atoms with Crippen molar-refractivity contribution in [3.8, 4) is 0 Å². The van der Waals surface area contributed by atoms with Gasteiger partial charge >= 0.3 is 41.8 Å². The SMILES string of the molecule is CC(C)(C)[Si](F)(c1ccc(C(=O)NC[C@@H](NC(=O)CC[C@@H](C(=O)O)N2CCN(CC(=O)[O-])CCN(CC(=O)[O-])CCN(CC(=O)[O-])CC2)C(=O)N[C@H](CCCCNC(=O)CCC(=O)NCCC[C@@H](NC(=O)CC[C@H](NC(=O)N[C@@H](CCC(=O)O)C(=O)O)C(=O)O)C(=O)O)C(=O)O)cc1)C(C)(C)C. The molecule has 0 saturated carbocycles. The van der Waals surface area contributed by atoms with Gasteiger partial charge in [0.25, 0.3) is 14.3 Å². The molecule has 0 unspecified atom stereocenters. The zero-order valence-electron chi connectivity index (χ0n) is 58.0. The van der Waals surface area contributed by atoms with Crippen LogP contribution in [-0.2, 0) is 67.1 Å². The summed E-state index contributed by atoms with van der Waals surface area (Å²) >= 11 is 0. The van der Waals surface area contributed by atoms with E-state index in [4.69, 9.17) is 5.11 Å². The molecule has 0 radical (unpaired) electrons. The molecule has 1 aliphatic heterocycles. The third kappa shape index (κ3) is 32.9. The molecule has 0 spiro atoms. The summed E-state index contributed by atoms with van der Waals surface area (Å²) < 4.78 is 17.1. The molecule has 1 fully saturated rings. The number of rotatable bonds is 43. The quantitative estimate of drug-likeness (QED) is 0.0165. The molecule has 0 aromatic heterocycles. The van der Waals surface area contributed by atoms with Crippen molar-refractivity contribution in [3.05, 3.63) is 29.8 Å². The lowest BCUT2D eigenvalue weighted by atomic mass is 10.1. The fraction of sp³-hybridized carbons (Fsp3) is 0.651. The first-order valence-electron chi connectivity index (χ1n) is 33.0. The number of amides is 8. The summed E-state index contributed by atoms with van der Waals surface area (Å²) in [6.07, 6.45) is -4.36. The number of carboxylic acid groups (broad SMARTS) is 9. The van der Waals surface area contributed by atoms with Crippen molar-refractivity contribution in [2.75, 3.05) is 91.6 Å². The molecule has 1 aromatic rings. The predicted octanol–water partition coefficient (Wildman–Crippen LogP) is -5.72. The summed E-state index contributed by atoms with van der Waals surface area (Å²) in [7, 11) is -3.78. The molecule has 1 saturated heterocycles. The second kappa shape index (κ2) is 43.4. The Hall–Kier alpha value is -9.47. The van der Waals surface area contributed by atoms with Crippen molar-refractivity contribution in [2.24, 2.45) is 0 Å². The van der Waals surface area contributed by atoms with E-state index in [0.717, 1.165) is 0 Å². The maximum absolute atomic E-state index is 17.1. The van der Waals surface area contributed by atoms with Gasteiger partial charge in [0.2, 0.25) is 29.5 Å². The molecular weight excluding hydrogens is 1370 g/mol. The van der Waals surface area contributed by atoms with Crippen LogP contribution in [0, 0.1) is 0 Å². The van der Waals surface area contributed by atoms with Gasteiger partial charge in [-0.25, -0.2) is 24.0 Å². The van der Waals surface area contributed by atoms with Crippen LogP contribution in [0.5, 0.6) is 0 Å². The van der Waals surface area contributed by atoms with Crippen LogP contribution < -0.4 is 63.0 Å². The Bertz CT molecular complexity index is 3050. The molecule has 102 heavy (non-hydrogen) atoms. The Morgan fingerprint density at radius 2 is 0.824 bits per heavy atom. The van der Waals surface area contributed by atoms with Gasteiger partial charge in [0.05, 0.1) is 17.9 Å². The molecule has 1 aliphatic rings. The van der Waals surface area contributed by atoms with E-state index < -0.39 is 215 Å². The number of carbonyl (C=O) groups excluding carboxylic acids is 10. The molecular formula is C63H96FN12O25Si-3. The number of hydrogen-bond donors (Lipinski definition) is 14. The van der Waals surface area contributed by atoms with Crippen molar-refractivity contribution in [2.45, 2.75) is 171 Å². The largest absolute Gasteiger partial charge is 0.549 e. The van der Waals surface area contributed by atoms with Crippen LogP contribution >= 0.6 is 0 Å². The average molecular weight is 1470 g/mol. The Morgan fingerprint density at radius 1 is 0.441 bits per heavy atom. The first-order chi connectivity index (χ1) is 47.5. The molecule has 0 aliphatic carbocycles. The Labute approximate surface area is 588 Å². The normalized spacial score (nSPS) is 15.6. The van der Waals surface area contributed by atoms with Gasteiger partial charge in [-0.15, -0.1) is 0 Å². The van der Waals surface area contributed by atoms with Crippen LogP contribution in [0.3, 0.4) is 0 Å². The van der Waals surface area contributed by atoms with Gasteiger partial charge in [-0.05, 0) is 78.8 Å². The fourth-order valence-corrected chi connectivity index (χ4v) is 15.9. The number of carbonyl (C=O) groups is 16. The van der Waals surface area contributed by atoms with Gasteiger partial charge in [0, 0.05) is 129 Å². The highest BCUT2D eigenvalue weighted by atomic mass is 28.4. The first kappa shape index (κ1) is 88.6. The summed E-state index contributed by atoms with van der Waals surface area (Å²) in [4.78, 5) is 204. The van der Waals surface area contributed by atoms with Crippen molar-refractivity contribution < 1.29 is 127 Å². The Kier molecular flexibility index (Phi) is 37.7. The smallest absolute Gasteiger partial charge is 0.326 e. The topological polar surface area (TPSA) is 573 Å². The Morgan fingerprint density at radius 3 is 1.24 bits per heavy atom. The number of carboxylic acids is 9. The maximum Gasteiger partial charge on any atom is 0.326 e. The number of aliphatic carboxylic acids is 9. The molecule has 37 nitrogen and oxygen atoms in total. The van der Waals surface area contributed by atoms with E-state index in [0.29, 0.717) is 5.19 Å². The first-order valence-corrected chi connectivity index (χ1v) is 34.9. The third-order valence-electron chi connectivity index (χ3n) is 16.6. The van der Waals surface area contributed by atoms with E-state index in [9.17, 15) is 118 Å². The number of hydrogen-bond acceptors (Lipinski definition) is 23. The minimum absolute atomic E-state index is 0.00566. The third-order valence-corrected chi connectivity index (χ3v) is 21.9. The number of halogens is 1. The van der Waals surface area contributed by atoms with Gasteiger partial charge < -0.3 is 107 Å². The maximum atomic E-state index is 17.1. The number of nitrogens with one attached hydrogen (secondary N) is 8. The number of urea groups is 1. The van der Waals surface area contributed by atoms with E-state index in [1.165, 1.54) is 43.9 Å². The highest BCUT2D eigenvalue weighted by molar-refractivity contribution is 6.90. The highest BCUT2D eigenvalue weighted by Crippen LogP contribution is 2.51. The summed E-state index contributed by atoms with van der Waals surface area (Å²) in [5.41, 5.74) is 0.0286. The summed E-state index contributed by atoms with van der Waals surface area (Å²) in [6, 6.07) is -5.29. The standard InChI is InChI=1S/C63H99FN12O25Si/c1-62(2,3)102(64,63(4,5)6)39-14-12-38(13-15-39)54(89)67-34-44(69-49(80)20-18-45(60(99)100)76-32-30-74(36-52(85)86)28-26-73(35-51(83)84)27-29-75(31-33-76)37-53(87)88)55(90)70-41(57(93)94)10-7-8-24-65-46(77)21-22-47(78)66-25-9-11-40(56(91)92)68-48(79)19-16-42(58(95)96)71-61(101)72-43(59(97)98)17-23-50(81)82/h12-15,40-45H,7-11,16-37H2,1-6H3,(H,65,77)(H,66,78)(H,67,89)(H,68,79)(H,69,80)(H,70,90)(H,81,82)(H,83,84)(H,85,86)(H,87,88)(H,91,92)(H,93,94)(H,95,96)(H,97,98)(H,99,100)(H2,71,72,101)/p-3/t40-,41-,42+,43+,44-,45+/m1/s1. The minimum atomic E-state index is -3.78. The fourth-order valence-electron chi connectivity index (χ4n) is 11.3. The second-order valence-electron chi connectivity index (χ2n) is 26.5. The number of nitrogens with zero attached hydrogens (tertiary/aromatic N) is 4. The molecule has 572 valence electrons. The molecule has 0 bridgehead atoms. The van der Waals surface area contributed by atoms with E-state index >= 15 is 4.11 Å². The van der Waals surface area contributed by atoms with Crippen LogP contribution in [0.1, 0.15) is 135 Å². The zero-order chi connectivity index (χ0) is 77.2. The molecule has 1 heterocycles. The summed E-state index contributed by atoms with van der Waals surface area (Å²) in [5, 5.41) is 110. The van der Waals surface area contributed by atoms with Gasteiger partial charge in [-0.1, -0.05) is 53.7 Å². The lowest BCUT2D eigenvalue weighted by Crippen LogP contribution is -2.58. The average Bonchev–Trinajstić information content (AvgIpc) is 0.748. The molecule has 6 atom stereocenters. The Balaban J connectivity index is 2.15. The zero-order valence-corrected chi connectivity index (χ0v) is 59.0. The van der Waals surface area contributed by atoms with E-state index in [2.05, 4.69) is 31.9 Å². The number of unbranched alkanes of at least 4 members (excludes halogenated alkanes) is 1. The summed E-state index contributed by atoms with van der Waals surface area (Å²) in [6.45, 7) is 7.40. The van der Waals surface area contributed by atoms with Crippen molar-refractivity contribution in [1.82, 2.24) is 62.1 Å². The lowest BCUT2D eigenvalue weighted by molar-refractivity contribution is -0.308. The number of benzene rings is 1. The van der Waals surface area contributed by atoms with Crippen molar-refractivity contribution in [3.63, 3.8) is 0 Å². The monoisotopic (exact) mass is 1470 g/mol. The molecule has 14 N–H and O–H groups in total. The van der Waals surface area contributed by atoms with Gasteiger partial charge in [0.1, 0.15) is 36.3 Å². The van der Waals surface area contributed by atoms with E-state index in [-0.39, 0.29) is 116 Å². The van der Waals surface area contributed by atoms with E-state index in [1.54, 1.807) is 41.5 Å².